The fraction of sp³-hybridized carbons (Fsp3) is 0.158. The van der Waals surface area contributed by atoms with E-state index in [2.05, 4.69) is 15.2 Å². The van der Waals surface area contributed by atoms with Gasteiger partial charge >= 0.3 is 0 Å². The summed E-state index contributed by atoms with van der Waals surface area (Å²) in [6, 6.07) is 9.87. The molecule has 1 aromatic carbocycles. The number of rotatable bonds is 7. The molecule has 7 nitrogen and oxygen atoms in total. The molecule has 0 saturated carbocycles. The lowest BCUT2D eigenvalue weighted by molar-refractivity contribution is -0.115. The number of thioether (sulfide) groups is 1. The molecule has 29 heavy (non-hydrogen) atoms. The molecule has 0 N–H and O–H groups in total. The molecule has 0 aliphatic carbocycles. The fourth-order valence-electron chi connectivity index (χ4n) is 2.68. The molecule has 0 aliphatic rings. The molecule has 4 aromatic rings. The first kappa shape index (κ1) is 19.3. The lowest BCUT2D eigenvalue weighted by Crippen LogP contribution is -2.23. The quantitative estimate of drug-likeness (QED) is 0.403. The Morgan fingerprint density at radius 2 is 2.17 bits per heavy atom. The summed E-state index contributed by atoms with van der Waals surface area (Å²) in [7, 11) is 0. The number of carbonyl (C=O) groups excluding carboxylic acids is 1. The van der Waals surface area contributed by atoms with Gasteiger partial charge in [0.05, 0.1) is 24.2 Å². The number of benzene rings is 1. The predicted octanol–water partition coefficient (Wildman–Crippen LogP) is 4.49. The minimum Gasteiger partial charge on any atom is -0.467 e. The van der Waals surface area contributed by atoms with Crippen LogP contribution in [0.3, 0.4) is 0 Å². The topological polar surface area (TPSA) is 77.1 Å². The first-order chi connectivity index (χ1) is 14.1. The third kappa shape index (κ3) is 4.38. The monoisotopic (exact) mass is 429 g/mol. The fourth-order valence-corrected chi connectivity index (χ4v) is 4.47. The van der Waals surface area contributed by atoms with Crippen LogP contribution in [0.4, 0.5) is 15.2 Å². The van der Waals surface area contributed by atoms with E-state index in [1.54, 1.807) is 30.8 Å². The van der Waals surface area contributed by atoms with Crippen LogP contribution in [0.15, 0.2) is 63.9 Å². The molecule has 10 heteroatoms. The number of thiazole rings is 1. The Kier molecular flexibility index (Phi) is 5.72. The second kappa shape index (κ2) is 8.58. The second-order valence-corrected chi connectivity index (χ2v) is 7.82. The molecule has 148 valence electrons. The predicted molar refractivity (Wildman–Crippen MR) is 109 cm³/mol. The van der Waals surface area contributed by atoms with Crippen molar-refractivity contribution in [1.82, 2.24) is 19.7 Å². The molecule has 0 fully saturated rings. The number of hydrogen-bond donors (Lipinski definition) is 0. The minimum absolute atomic E-state index is 0.187. The van der Waals surface area contributed by atoms with E-state index in [4.69, 9.17) is 4.42 Å². The Hall–Kier alpha value is -2.98. The number of amides is 1. The highest BCUT2D eigenvalue weighted by molar-refractivity contribution is 7.98. The largest absolute Gasteiger partial charge is 0.467 e. The van der Waals surface area contributed by atoms with Gasteiger partial charge in [-0.3, -0.25) is 9.69 Å². The smallest absolute Gasteiger partial charge is 0.230 e. The number of hydrogen-bond acceptors (Lipinski definition) is 7. The van der Waals surface area contributed by atoms with Gasteiger partial charge in [0.1, 0.15) is 17.9 Å². The number of carbonyl (C=O) groups is 1. The zero-order chi connectivity index (χ0) is 20.2. The molecule has 0 aliphatic heterocycles. The standard InChI is InChI=1S/C19H16FN5O2S2/c1-13(26)25(17-7-3-2-6-16(17)20)18-22-14(10-28-18)11-29-19-23-21-12-24(19)9-15-5-4-8-27-15/h2-8,10,12H,9,11H2,1H3. The average molecular weight is 430 g/mol. The van der Waals surface area contributed by atoms with Crippen molar-refractivity contribution in [3.05, 3.63) is 71.6 Å². The number of halogens is 1. The molecule has 4 rings (SSSR count). The Morgan fingerprint density at radius 1 is 1.31 bits per heavy atom. The third-order valence-corrected chi connectivity index (χ3v) is 5.86. The highest BCUT2D eigenvalue weighted by atomic mass is 32.2. The second-order valence-electron chi connectivity index (χ2n) is 6.04. The van der Waals surface area contributed by atoms with Crippen LogP contribution in [0.5, 0.6) is 0 Å². The van der Waals surface area contributed by atoms with E-state index in [-0.39, 0.29) is 11.6 Å². The van der Waals surface area contributed by atoms with Crippen LogP contribution in [0.2, 0.25) is 0 Å². The Labute approximate surface area is 174 Å². The molecule has 3 heterocycles. The first-order valence-electron chi connectivity index (χ1n) is 8.64. The van der Waals surface area contributed by atoms with E-state index in [1.807, 2.05) is 22.1 Å². The van der Waals surface area contributed by atoms with Crippen LogP contribution in [-0.4, -0.2) is 25.7 Å². The van der Waals surface area contributed by atoms with Crippen LogP contribution >= 0.6 is 23.1 Å². The van der Waals surface area contributed by atoms with E-state index in [9.17, 15) is 9.18 Å². The maximum absolute atomic E-state index is 14.2. The van der Waals surface area contributed by atoms with Gasteiger partial charge in [-0.05, 0) is 24.3 Å². The first-order valence-corrected chi connectivity index (χ1v) is 10.5. The minimum atomic E-state index is -0.472. The van der Waals surface area contributed by atoms with E-state index in [1.165, 1.54) is 41.0 Å². The number of furan rings is 1. The third-order valence-electron chi connectivity index (χ3n) is 3.97. The van der Waals surface area contributed by atoms with Gasteiger partial charge in [0.2, 0.25) is 5.91 Å². The Morgan fingerprint density at radius 3 is 2.93 bits per heavy atom. The summed E-state index contributed by atoms with van der Waals surface area (Å²) >= 11 is 2.77. The summed E-state index contributed by atoms with van der Waals surface area (Å²) in [5.74, 6) is 0.572. The van der Waals surface area contributed by atoms with Gasteiger partial charge in [-0.1, -0.05) is 23.9 Å². The SMILES string of the molecule is CC(=O)N(c1nc(CSc2nncn2Cc2ccco2)cs1)c1ccccc1F. The van der Waals surface area contributed by atoms with Gasteiger partial charge in [0.15, 0.2) is 10.3 Å². The van der Waals surface area contributed by atoms with Crippen LogP contribution < -0.4 is 4.90 Å². The molecule has 0 saturated heterocycles. The summed E-state index contributed by atoms with van der Waals surface area (Å²) < 4.78 is 21.4. The molecule has 0 spiro atoms. The zero-order valence-corrected chi connectivity index (χ0v) is 17.0. The average Bonchev–Trinajstić information content (AvgIpc) is 3.45. The van der Waals surface area contributed by atoms with Crippen molar-refractivity contribution in [2.24, 2.45) is 0 Å². The van der Waals surface area contributed by atoms with Gasteiger partial charge in [-0.15, -0.1) is 21.5 Å². The molecule has 0 bridgehead atoms. The summed E-state index contributed by atoms with van der Waals surface area (Å²) in [5, 5.41) is 11.1. The van der Waals surface area contributed by atoms with E-state index in [0.29, 0.717) is 17.4 Å². The van der Waals surface area contributed by atoms with Crippen molar-refractivity contribution in [3.63, 3.8) is 0 Å². The van der Waals surface area contributed by atoms with Crippen molar-refractivity contribution >= 4 is 39.8 Å². The van der Waals surface area contributed by atoms with Crippen molar-refractivity contribution in [2.45, 2.75) is 24.4 Å². The number of para-hydroxylation sites is 1. The van der Waals surface area contributed by atoms with E-state index in [0.717, 1.165) is 16.6 Å². The maximum Gasteiger partial charge on any atom is 0.230 e. The molecular weight excluding hydrogens is 413 g/mol. The summed E-state index contributed by atoms with van der Waals surface area (Å²) in [6.07, 6.45) is 3.27. The van der Waals surface area contributed by atoms with Gasteiger partial charge in [-0.25, -0.2) is 9.37 Å². The van der Waals surface area contributed by atoms with E-state index < -0.39 is 5.82 Å². The normalized spacial score (nSPS) is 11.0. The molecule has 1 amide bonds. The summed E-state index contributed by atoms with van der Waals surface area (Å²) in [5.41, 5.74) is 0.955. The highest BCUT2D eigenvalue weighted by Gasteiger charge is 2.21. The molecule has 0 radical (unpaired) electrons. The Balaban J connectivity index is 1.48. The van der Waals surface area contributed by atoms with Crippen molar-refractivity contribution in [2.75, 3.05) is 4.90 Å². The van der Waals surface area contributed by atoms with Gasteiger partial charge in [-0.2, -0.15) is 0 Å². The van der Waals surface area contributed by atoms with Crippen molar-refractivity contribution < 1.29 is 13.6 Å². The van der Waals surface area contributed by atoms with Gasteiger partial charge in [0.25, 0.3) is 0 Å². The molecule has 3 aromatic heterocycles. The van der Waals surface area contributed by atoms with Crippen molar-refractivity contribution in [3.8, 4) is 0 Å². The van der Waals surface area contributed by atoms with Crippen LogP contribution in [-0.2, 0) is 17.1 Å². The van der Waals surface area contributed by atoms with Crippen LogP contribution in [0.25, 0.3) is 0 Å². The van der Waals surface area contributed by atoms with Gasteiger partial charge in [0, 0.05) is 18.1 Å². The van der Waals surface area contributed by atoms with Crippen LogP contribution in [0.1, 0.15) is 18.4 Å². The van der Waals surface area contributed by atoms with Crippen LogP contribution in [0, 0.1) is 5.82 Å². The summed E-state index contributed by atoms with van der Waals surface area (Å²) in [6.45, 7) is 1.93. The molecule has 0 unspecified atom stereocenters. The van der Waals surface area contributed by atoms with Gasteiger partial charge < -0.3 is 8.98 Å². The Bertz CT molecular complexity index is 1110. The zero-order valence-electron chi connectivity index (χ0n) is 15.4. The number of aromatic nitrogens is 4. The summed E-state index contributed by atoms with van der Waals surface area (Å²) in [4.78, 5) is 17.9. The highest BCUT2D eigenvalue weighted by Crippen LogP contribution is 2.32. The van der Waals surface area contributed by atoms with Crippen molar-refractivity contribution in [1.29, 1.82) is 0 Å². The number of anilines is 2. The lowest BCUT2D eigenvalue weighted by atomic mass is 10.3. The maximum atomic E-state index is 14.2. The molecule has 0 atom stereocenters. The van der Waals surface area contributed by atoms with E-state index >= 15 is 0 Å². The molecular formula is C19H16FN5O2S2. The lowest BCUT2D eigenvalue weighted by Gasteiger charge is -2.18. The number of nitrogens with zero attached hydrogens (tertiary/aromatic N) is 5.